The number of benzene rings is 1. The van der Waals surface area contributed by atoms with Crippen molar-refractivity contribution in [3.63, 3.8) is 0 Å². The Labute approximate surface area is 161 Å². The van der Waals surface area contributed by atoms with Gasteiger partial charge in [-0.2, -0.15) is 5.10 Å². The van der Waals surface area contributed by atoms with Crippen LogP contribution >= 0.6 is 11.6 Å². The van der Waals surface area contributed by atoms with Crippen LogP contribution in [0.5, 0.6) is 0 Å². The van der Waals surface area contributed by atoms with Gasteiger partial charge in [-0.15, -0.1) is 0 Å². The predicted octanol–water partition coefficient (Wildman–Crippen LogP) is 2.74. The van der Waals surface area contributed by atoms with Crippen LogP contribution < -0.4 is 10.5 Å². The fourth-order valence-corrected chi connectivity index (χ4v) is 3.20. The maximum absolute atomic E-state index is 12.5. The lowest BCUT2D eigenvalue weighted by Crippen LogP contribution is -2.52. The summed E-state index contributed by atoms with van der Waals surface area (Å²) in [6.07, 6.45) is 1.92. The van der Waals surface area contributed by atoms with E-state index in [9.17, 15) is 4.79 Å². The second-order valence-electron chi connectivity index (χ2n) is 6.55. The minimum absolute atomic E-state index is 0.170. The largest absolute Gasteiger partial charge is 0.378 e. The molecule has 1 aliphatic heterocycles. The van der Waals surface area contributed by atoms with Gasteiger partial charge in [0.2, 0.25) is 0 Å². The number of ether oxygens (including phenoxy) is 1. The molecular formula is C19H19ClN4O3. The number of anilines is 1. The maximum atomic E-state index is 12.5. The van der Waals surface area contributed by atoms with Crippen LogP contribution in [-0.4, -0.2) is 41.2 Å². The number of nitrogens with zero attached hydrogens (tertiary/aromatic N) is 4. The standard InChI is InChI=1S/C19H19ClN4O3/c1-12-17(19(22-27-12)13-3-5-14(20)6-4-13)11-24-18(25)7-15(8-21-24)23-9-16(10-23)26-2/h3-8,16H,9-11H2,1-2H3. The molecule has 0 atom stereocenters. The Hall–Kier alpha value is -2.64. The van der Waals surface area contributed by atoms with Crippen LogP contribution in [0.1, 0.15) is 11.3 Å². The van der Waals surface area contributed by atoms with Gasteiger partial charge in [0.15, 0.2) is 0 Å². The Morgan fingerprint density at radius 3 is 2.70 bits per heavy atom. The normalized spacial score (nSPS) is 14.4. The van der Waals surface area contributed by atoms with Crippen LogP contribution in [0, 0.1) is 6.92 Å². The molecule has 3 heterocycles. The van der Waals surface area contributed by atoms with Crippen molar-refractivity contribution in [2.24, 2.45) is 0 Å². The van der Waals surface area contributed by atoms with E-state index in [0.29, 0.717) is 16.5 Å². The van der Waals surface area contributed by atoms with Crippen molar-refractivity contribution in [3.8, 4) is 11.3 Å². The van der Waals surface area contributed by atoms with Gasteiger partial charge in [0.25, 0.3) is 5.56 Å². The van der Waals surface area contributed by atoms with Gasteiger partial charge in [-0.25, -0.2) is 4.68 Å². The molecule has 0 radical (unpaired) electrons. The van der Waals surface area contributed by atoms with Gasteiger partial charge < -0.3 is 14.2 Å². The molecule has 0 N–H and O–H groups in total. The van der Waals surface area contributed by atoms with Crippen LogP contribution in [0.4, 0.5) is 5.69 Å². The monoisotopic (exact) mass is 386 g/mol. The Balaban J connectivity index is 1.59. The summed E-state index contributed by atoms with van der Waals surface area (Å²) in [5, 5.41) is 9.12. The molecule has 140 valence electrons. The molecule has 0 amide bonds. The summed E-state index contributed by atoms with van der Waals surface area (Å²) in [7, 11) is 1.69. The Morgan fingerprint density at radius 1 is 1.30 bits per heavy atom. The first-order chi connectivity index (χ1) is 13.0. The van der Waals surface area contributed by atoms with Gasteiger partial charge in [-0.1, -0.05) is 28.9 Å². The molecule has 2 aromatic heterocycles. The summed E-state index contributed by atoms with van der Waals surface area (Å²) in [5.41, 5.74) is 3.03. The van der Waals surface area contributed by atoms with E-state index in [2.05, 4.69) is 15.2 Å². The molecule has 8 heteroatoms. The van der Waals surface area contributed by atoms with Gasteiger partial charge in [-0.3, -0.25) is 4.79 Å². The third kappa shape index (κ3) is 3.48. The van der Waals surface area contributed by atoms with Crippen molar-refractivity contribution in [3.05, 3.63) is 63.2 Å². The fraction of sp³-hybridized carbons (Fsp3) is 0.316. The molecule has 4 rings (SSSR count). The number of hydrogen-bond acceptors (Lipinski definition) is 6. The first-order valence-corrected chi connectivity index (χ1v) is 8.99. The second-order valence-corrected chi connectivity index (χ2v) is 6.98. The highest BCUT2D eigenvalue weighted by Crippen LogP contribution is 2.27. The fourth-order valence-electron chi connectivity index (χ4n) is 3.08. The van der Waals surface area contributed by atoms with E-state index >= 15 is 0 Å². The number of hydrogen-bond donors (Lipinski definition) is 0. The lowest BCUT2D eigenvalue weighted by Gasteiger charge is -2.39. The third-order valence-corrected chi connectivity index (χ3v) is 5.06. The molecule has 1 fully saturated rings. The number of methoxy groups -OCH3 is 1. The van der Waals surface area contributed by atoms with Crippen molar-refractivity contribution < 1.29 is 9.26 Å². The van der Waals surface area contributed by atoms with Crippen molar-refractivity contribution in [1.29, 1.82) is 0 Å². The summed E-state index contributed by atoms with van der Waals surface area (Å²) in [6.45, 7) is 3.65. The molecule has 3 aromatic rings. The molecule has 0 aliphatic carbocycles. The first-order valence-electron chi connectivity index (χ1n) is 8.61. The molecule has 0 unspecified atom stereocenters. The van der Waals surface area contributed by atoms with E-state index < -0.39 is 0 Å². The molecule has 0 saturated carbocycles. The molecule has 7 nitrogen and oxygen atoms in total. The minimum Gasteiger partial charge on any atom is -0.378 e. The predicted molar refractivity (Wildman–Crippen MR) is 102 cm³/mol. The first kappa shape index (κ1) is 17.8. The van der Waals surface area contributed by atoms with E-state index in [4.69, 9.17) is 20.9 Å². The molecule has 1 aliphatic rings. The molecule has 0 bridgehead atoms. The zero-order valence-electron chi connectivity index (χ0n) is 15.1. The van der Waals surface area contributed by atoms with Crippen molar-refractivity contribution in [2.45, 2.75) is 19.6 Å². The zero-order valence-corrected chi connectivity index (χ0v) is 15.8. The molecule has 0 spiro atoms. The van der Waals surface area contributed by atoms with Crippen molar-refractivity contribution in [1.82, 2.24) is 14.9 Å². The molecule has 27 heavy (non-hydrogen) atoms. The van der Waals surface area contributed by atoms with E-state index in [1.165, 1.54) is 4.68 Å². The maximum Gasteiger partial charge on any atom is 0.269 e. The molecule has 1 saturated heterocycles. The number of aromatic nitrogens is 3. The lowest BCUT2D eigenvalue weighted by atomic mass is 10.1. The Morgan fingerprint density at radius 2 is 2.04 bits per heavy atom. The van der Waals surface area contributed by atoms with Gasteiger partial charge in [0.05, 0.1) is 24.5 Å². The number of aryl methyl sites for hydroxylation is 1. The van der Waals surface area contributed by atoms with Crippen LogP contribution in [0.15, 0.2) is 45.8 Å². The molecule has 1 aromatic carbocycles. The SMILES string of the molecule is COC1CN(c2cnn(Cc3c(-c4ccc(Cl)cc4)noc3C)c(=O)c2)C1. The Kier molecular flexibility index (Phi) is 4.72. The van der Waals surface area contributed by atoms with E-state index in [-0.39, 0.29) is 18.2 Å². The number of halogens is 1. The van der Waals surface area contributed by atoms with E-state index in [1.807, 2.05) is 19.1 Å². The second kappa shape index (κ2) is 7.17. The van der Waals surface area contributed by atoms with Gasteiger partial charge in [0, 0.05) is 42.4 Å². The highest BCUT2D eigenvalue weighted by atomic mass is 35.5. The average Bonchev–Trinajstić information content (AvgIpc) is 2.98. The van der Waals surface area contributed by atoms with Crippen molar-refractivity contribution in [2.75, 3.05) is 25.1 Å². The smallest absolute Gasteiger partial charge is 0.269 e. The van der Waals surface area contributed by atoms with Gasteiger partial charge in [0.1, 0.15) is 11.5 Å². The summed E-state index contributed by atoms with van der Waals surface area (Å²) < 4.78 is 12.0. The van der Waals surface area contributed by atoms with Crippen LogP contribution in [-0.2, 0) is 11.3 Å². The summed E-state index contributed by atoms with van der Waals surface area (Å²) in [6, 6.07) is 8.94. The third-order valence-electron chi connectivity index (χ3n) is 4.81. The zero-order chi connectivity index (χ0) is 19.0. The van der Waals surface area contributed by atoms with E-state index in [1.54, 1.807) is 31.5 Å². The van der Waals surface area contributed by atoms with Gasteiger partial charge >= 0.3 is 0 Å². The highest BCUT2D eigenvalue weighted by molar-refractivity contribution is 6.30. The summed E-state index contributed by atoms with van der Waals surface area (Å²) in [5.74, 6) is 0.656. The minimum atomic E-state index is -0.170. The van der Waals surface area contributed by atoms with E-state index in [0.717, 1.165) is 29.9 Å². The van der Waals surface area contributed by atoms with Crippen LogP contribution in [0.3, 0.4) is 0 Å². The Bertz CT molecular complexity index is 1010. The van der Waals surface area contributed by atoms with Crippen LogP contribution in [0.2, 0.25) is 5.02 Å². The van der Waals surface area contributed by atoms with Crippen LogP contribution in [0.25, 0.3) is 11.3 Å². The topological polar surface area (TPSA) is 73.4 Å². The van der Waals surface area contributed by atoms with Crippen molar-refractivity contribution >= 4 is 17.3 Å². The lowest BCUT2D eigenvalue weighted by molar-refractivity contribution is 0.0787. The summed E-state index contributed by atoms with van der Waals surface area (Å²) >= 11 is 5.96. The highest BCUT2D eigenvalue weighted by Gasteiger charge is 2.27. The van der Waals surface area contributed by atoms with Gasteiger partial charge in [-0.05, 0) is 19.1 Å². The quantitative estimate of drug-likeness (QED) is 0.671. The average molecular weight is 387 g/mol. The summed E-state index contributed by atoms with van der Waals surface area (Å²) in [4.78, 5) is 14.6. The number of rotatable bonds is 5. The molecular weight excluding hydrogens is 368 g/mol.